The minimum absolute atomic E-state index is 0.0864. The first-order chi connectivity index (χ1) is 18.6. The molecule has 8 atom stereocenters. The van der Waals surface area contributed by atoms with E-state index in [4.69, 9.17) is 9.51 Å². The SMILES string of the molecule is Cc1noc([C@]23CCC(C)(C)C[C@H]2[C@H]2C(=O)C=C4[C@@]5(C)C=C(C#N)C(=O)[C@@](C)(CO)[C@@H]5CC[C@@]4(C)[C@]2(C)CC3)n1. The summed E-state index contributed by atoms with van der Waals surface area (Å²) in [5.41, 5.74) is -1.40. The molecule has 40 heavy (non-hydrogen) atoms. The number of aryl methyl sites for hydroxylation is 1. The highest BCUT2D eigenvalue weighted by atomic mass is 16.5. The Morgan fingerprint density at radius 1 is 1.07 bits per heavy atom. The van der Waals surface area contributed by atoms with Crippen LogP contribution in [0.4, 0.5) is 0 Å². The zero-order valence-electron chi connectivity index (χ0n) is 25.1. The lowest BCUT2D eigenvalue weighted by Crippen LogP contribution is -2.66. The number of nitrogens with zero attached hydrogens (tertiary/aromatic N) is 3. The van der Waals surface area contributed by atoms with E-state index >= 15 is 0 Å². The van der Waals surface area contributed by atoms with Crippen molar-refractivity contribution in [3.05, 3.63) is 35.0 Å². The number of ketones is 2. The Labute approximate surface area is 237 Å². The Bertz CT molecular complexity index is 1410. The van der Waals surface area contributed by atoms with E-state index in [-0.39, 0.29) is 63.2 Å². The summed E-state index contributed by atoms with van der Waals surface area (Å²) >= 11 is 0. The second-order valence-electron chi connectivity index (χ2n) is 15.4. The number of hydrogen-bond acceptors (Lipinski definition) is 7. The molecule has 5 aliphatic rings. The first kappa shape index (κ1) is 27.6. The van der Waals surface area contributed by atoms with Crippen LogP contribution in [0.15, 0.2) is 27.8 Å². The van der Waals surface area contributed by atoms with Crippen LogP contribution >= 0.6 is 0 Å². The summed E-state index contributed by atoms with van der Waals surface area (Å²) in [6.07, 6.45) is 9.98. The topological polar surface area (TPSA) is 117 Å². The van der Waals surface area contributed by atoms with Gasteiger partial charge in [-0.15, -0.1) is 0 Å². The minimum atomic E-state index is -1.05. The summed E-state index contributed by atoms with van der Waals surface area (Å²) in [4.78, 5) is 32.7. The third-order valence-corrected chi connectivity index (χ3v) is 13.0. The molecule has 1 heterocycles. The quantitative estimate of drug-likeness (QED) is 0.497. The second-order valence-corrected chi connectivity index (χ2v) is 15.4. The van der Waals surface area contributed by atoms with Crippen molar-refractivity contribution in [3.8, 4) is 6.07 Å². The van der Waals surface area contributed by atoms with Gasteiger partial charge in [0, 0.05) is 11.3 Å². The molecule has 1 aromatic rings. The summed E-state index contributed by atoms with van der Waals surface area (Å²) in [5.74, 6) is 0.919. The van der Waals surface area contributed by atoms with Crippen molar-refractivity contribution < 1.29 is 19.2 Å². The molecule has 0 aliphatic heterocycles. The highest BCUT2D eigenvalue weighted by Crippen LogP contribution is 2.74. The highest BCUT2D eigenvalue weighted by Gasteiger charge is 2.71. The van der Waals surface area contributed by atoms with Crippen LogP contribution < -0.4 is 0 Å². The van der Waals surface area contributed by atoms with E-state index in [0.29, 0.717) is 11.7 Å². The van der Waals surface area contributed by atoms with Gasteiger partial charge in [-0.05, 0) is 93.0 Å². The molecule has 0 aromatic carbocycles. The predicted molar refractivity (Wildman–Crippen MR) is 149 cm³/mol. The number of hydrogen-bond donors (Lipinski definition) is 1. The maximum atomic E-state index is 14.6. The summed E-state index contributed by atoms with van der Waals surface area (Å²) in [6.45, 7) is 14.7. The average molecular weight is 546 g/mol. The molecule has 7 heteroatoms. The first-order valence-corrected chi connectivity index (χ1v) is 15.0. The van der Waals surface area contributed by atoms with Gasteiger partial charge < -0.3 is 9.63 Å². The predicted octanol–water partition coefficient (Wildman–Crippen LogP) is 5.82. The highest BCUT2D eigenvalue weighted by molar-refractivity contribution is 6.05. The lowest BCUT2D eigenvalue weighted by atomic mass is 9.34. The fourth-order valence-electron chi connectivity index (χ4n) is 10.5. The van der Waals surface area contributed by atoms with E-state index in [1.807, 2.05) is 19.1 Å². The largest absolute Gasteiger partial charge is 0.395 e. The molecular weight excluding hydrogens is 502 g/mol. The lowest BCUT2D eigenvalue weighted by Gasteiger charge is -2.68. The molecule has 1 aromatic heterocycles. The molecule has 0 bridgehead atoms. The molecule has 0 spiro atoms. The van der Waals surface area contributed by atoms with Gasteiger partial charge in [-0.1, -0.05) is 51.4 Å². The molecule has 6 rings (SSSR count). The van der Waals surface area contributed by atoms with Crippen molar-refractivity contribution in [2.24, 2.45) is 44.8 Å². The molecule has 0 amide bonds. The number of aliphatic hydroxyl groups excluding tert-OH is 1. The van der Waals surface area contributed by atoms with Crippen LogP contribution in [0, 0.1) is 63.1 Å². The number of rotatable bonds is 2. The van der Waals surface area contributed by atoms with E-state index in [1.54, 1.807) is 6.92 Å². The number of fused-ring (bicyclic) bond motifs is 7. The fraction of sp³-hybridized carbons (Fsp3) is 0.727. The van der Waals surface area contributed by atoms with Gasteiger partial charge in [-0.2, -0.15) is 10.2 Å². The van der Waals surface area contributed by atoms with Crippen LogP contribution in [0.25, 0.3) is 0 Å². The average Bonchev–Trinajstić information content (AvgIpc) is 3.34. The molecule has 5 aliphatic carbocycles. The van der Waals surface area contributed by atoms with Crippen molar-refractivity contribution in [1.29, 1.82) is 5.26 Å². The zero-order valence-corrected chi connectivity index (χ0v) is 25.1. The van der Waals surface area contributed by atoms with E-state index in [0.717, 1.165) is 50.5 Å². The maximum Gasteiger partial charge on any atom is 0.233 e. The number of allylic oxidation sites excluding steroid dienone is 4. The van der Waals surface area contributed by atoms with Crippen LogP contribution in [0.5, 0.6) is 0 Å². The number of aliphatic hydroxyl groups is 1. The Balaban J connectivity index is 1.54. The molecule has 3 saturated carbocycles. The molecule has 3 fully saturated rings. The van der Waals surface area contributed by atoms with Crippen LogP contribution in [0.2, 0.25) is 0 Å². The van der Waals surface area contributed by atoms with Crippen molar-refractivity contribution >= 4 is 11.6 Å². The van der Waals surface area contributed by atoms with E-state index in [1.165, 1.54) is 0 Å². The van der Waals surface area contributed by atoms with Crippen molar-refractivity contribution in [2.45, 2.75) is 98.8 Å². The number of aromatic nitrogens is 2. The number of carbonyl (C=O) groups excluding carboxylic acids is 2. The van der Waals surface area contributed by atoms with E-state index in [2.05, 4.69) is 45.8 Å². The van der Waals surface area contributed by atoms with E-state index in [9.17, 15) is 20.0 Å². The zero-order chi connectivity index (χ0) is 29.1. The van der Waals surface area contributed by atoms with Crippen molar-refractivity contribution in [3.63, 3.8) is 0 Å². The summed E-state index contributed by atoms with van der Waals surface area (Å²) in [6, 6.07) is 2.12. The molecule has 1 N–H and O–H groups in total. The molecule has 214 valence electrons. The van der Waals surface area contributed by atoms with Crippen LogP contribution in [0.3, 0.4) is 0 Å². The van der Waals surface area contributed by atoms with Gasteiger partial charge in [0.25, 0.3) is 0 Å². The summed E-state index contributed by atoms with van der Waals surface area (Å²) < 4.78 is 5.89. The standard InChI is InChI=1S/C33H43N3O4/c1-19-35-27(40-36-19)33-12-10-28(2,3)16-21(33)25-22(38)14-24-29(4)15-20(17-34)26(39)30(5,18-37)23(29)8-9-31(24,6)32(25,7)11-13-33/h14-15,21,23,25,37H,8-13,16,18H2,1-7H3/t21-,23+,25-,29-,30-,31+,32+,33-/m0/s1. The van der Waals surface area contributed by atoms with Gasteiger partial charge >= 0.3 is 0 Å². The Morgan fingerprint density at radius 3 is 2.40 bits per heavy atom. The minimum Gasteiger partial charge on any atom is -0.395 e. The van der Waals surface area contributed by atoms with Gasteiger partial charge in [-0.3, -0.25) is 9.59 Å². The molecule has 0 unspecified atom stereocenters. The maximum absolute atomic E-state index is 14.6. The van der Waals surface area contributed by atoms with Crippen molar-refractivity contribution in [2.75, 3.05) is 6.61 Å². The van der Waals surface area contributed by atoms with Gasteiger partial charge in [-0.25, -0.2) is 0 Å². The molecule has 0 radical (unpaired) electrons. The first-order valence-electron chi connectivity index (χ1n) is 15.0. The fourth-order valence-corrected chi connectivity index (χ4v) is 10.5. The van der Waals surface area contributed by atoms with Crippen LogP contribution in [0.1, 0.15) is 98.2 Å². The van der Waals surface area contributed by atoms with E-state index < -0.39 is 10.8 Å². The Morgan fingerprint density at radius 2 is 1.77 bits per heavy atom. The number of nitriles is 1. The van der Waals surface area contributed by atoms with Gasteiger partial charge in [0.2, 0.25) is 5.89 Å². The monoisotopic (exact) mass is 545 g/mol. The third-order valence-electron chi connectivity index (χ3n) is 13.0. The molecule has 0 saturated heterocycles. The normalized spacial score (nSPS) is 45.7. The summed E-state index contributed by atoms with van der Waals surface area (Å²) in [7, 11) is 0. The number of carbonyl (C=O) groups is 2. The van der Waals surface area contributed by atoms with Gasteiger partial charge in [0.1, 0.15) is 6.07 Å². The smallest absolute Gasteiger partial charge is 0.233 e. The Hall–Kier alpha value is -2.59. The second kappa shape index (κ2) is 8.25. The van der Waals surface area contributed by atoms with Crippen molar-refractivity contribution in [1.82, 2.24) is 10.1 Å². The number of Topliss-reactive ketones (excluding diaryl/α,β-unsaturated/α-hetero) is 1. The van der Waals surface area contributed by atoms with Gasteiger partial charge in [0.15, 0.2) is 17.4 Å². The van der Waals surface area contributed by atoms with Crippen LogP contribution in [-0.2, 0) is 15.0 Å². The third kappa shape index (κ3) is 3.20. The molecular formula is C33H43N3O4. The Kier molecular flexibility index (Phi) is 5.68. The lowest BCUT2D eigenvalue weighted by molar-refractivity contribution is -0.163. The molecule has 7 nitrogen and oxygen atoms in total. The van der Waals surface area contributed by atoms with Crippen LogP contribution in [-0.4, -0.2) is 33.4 Å². The summed E-state index contributed by atoms with van der Waals surface area (Å²) in [5, 5.41) is 24.6. The van der Waals surface area contributed by atoms with Gasteiger partial charge in [0.05, 0.1) is 23.0 Å².